The van der Waals surface area contributed by atoms with E-state index in [2.05, 4.69) is 0 Å². The number of fused-ring (bicyclic) bond motifs is 3. The van der Waals surface area contributed by atoms with Crippen LogP contribution in [0.1, 0.15) is 38.5 Å². The van der Waals surface area contributed by atoms with Crippen molar-refractivity contribution in [1.29, 1.82) is 0 Å². The Morgan fingerprint density at radius 3 is 1.60 bits per heavy atom. The van der Waals surface area contributed by atoms with Gasteiger partial charge in [0.15, 0.2) is 0 Å². The molecule has 3 fully saturated rings. The van der Waals surface area contributed by atoms with E-state index in [0.717, 1.165) is 25.2 Å². The summed E-state index contributed by atoms with van der Waals surface area (Å²) >= 11 is 0. The highest BCUT2D eigenvalue weighted by molar-refractivity contribution is 5.85. The molecule has 0 aromatic rings. The second kappa shape index (κ2) is 2.71. The molecular weight excluding hydrogens is 148 g/mol. The second-order valence-corrected chi connectivity index (χ2v) is 3.71. The highest BCUT2D eigenvalue weighted by Gasteiger charge is 2.38. The van der Waals surface area contributed by atoms with Crippen LogP contribution in [0.5, 0.6) is 0 Å². The number of hydrogen-bond donors (Lipinski definition) is 1. The lowest BCUT2D eigenvalue weighted by Crippen LogP contribution is -2.39. The first-order valence-electron chi connectivity index (χ1n) is 4.01. The van der Waals surface area contributed by atoms with Crippen molar-refractivity contribution in [1.82, 2.24) is 0 Å². The fraction of sp³-hybridized carbons (Fsp3) is 1.00. The van der Waals surface area contributed by atoms with Gasteiger partial charge in [-0.15, -0.1) is 12.4 Å². The minimum Gasteiger partial charge on any atom is -0.390 e. The minimum absolute atomic E-state index is 0. The predicted molar refractivity (Wildman–Crippen MR) is 43.4 cm³/mol. The summed E-state index contributed by atoms with van der Waals surface area (Å²) in [6.07, 6.45) is 7.11. The molecule has 0 atom stereocenters. The van der Waals surface area contributed by atoms with Crippen LogP contribution in [0.3, 0.4) is 0 Å². The Morgan fingerprint density at radius 2 is 1.40 bits per heavy atom. The number of aliphatic hydroxyl groups is 1. The van der Waals surface area contributed by atoms with Crippen LogP contribution in [0.2, 0.25) is 0 Å². The van der Waals surface area contributed by atoms with Crippen LogP contribution in [0.25, 0.3) is 0 Å². The zero-order chi connectivity index (χ0) is 6.32. The number of rotatable bonds is 0. The van der Waals surface area contributed by atoms with Gasteiger partial charge in [0.25, 0.3) is 0 Å². The smallest absolute Gasteiger partial charge is 0.0648 e. The van der Waals surface area contributed by atoms with Crippen molar-refractivity contribution in [2.45, 2.75) is 44.1 Å². The van der Waals surface area contributed by atoms with Crippen molar-refractivity contribution < 1.29 is 5.11 Å². The molecule has 3 aliphatic carbocycles. The van der Waals surface area contributed by atoms with E-state index in [1.807, 2.05) is 0 Å². The molecule has 0 heterocycles. The van der Waals surface area contributed by atoms with Crippen LogP contribution in [-0.2, 0) is 0 Å². The van der Waals surface area contributed by atoms with E-state index in [1.165, 1.54) is 19.3 Å². The molecule has 0 amide bonds. The van der Waals surface area contributed by atoms with Gasteiger partial charge in [0, 0.05) is 0 Å². The Balaban J connectivity index is 0.000000500. The fourth-order valence-electron chi connectivity index (χ4n) is 2.23. The van der Waals surface area contributed by atoms with Crippen LogP contribution in [-0.4, -0.2) is 10.7 Å². The molecule has 3 saturated carbocycles. The Morgan fingerprint density at radius 1 is 1.00 bits per heavy atom. The lowest BCUT2D eigenvalue weighted by Gasteiger charge is -2.42. The molecule has 1 nitrogen and oxygen atoms in total. The van der Waals surface area contributed by atoms with Gasteiger partial charge in [-0.25, -0.2) is 0 Å². The van der Waals surface area contributed by atoms with Crippen molar-refractivity contribution in [2.24, 2.45) is 5.92 Å². The maximum atomic E-state index is 9.72. The lowest BCUT2D eigenvalue weighted by molar-refractivity contribution is -0.0541. The third kappa shape index (κ3) is 1.30. The summed E-state index contributed by atoms with van der Waals surface area (Å²) < 4.78 is 0. The maximum Gasteiger partial charge on any atom is 0.0648 e. The summed E-state index contributed by atoms with van der Waals surface area (Å²) in [6, 6.07) is 0. The molecule has 60 valence electrons. The Kier molecular flexibility index (Phi) is 2.26. The quantitative estimate of drug-likeness (QED) is 0.579. The topological polar surface area (TPSA) is 20.2 Å². The van der Waals surface area contributed by atoms with Crippen LogP contribution in [0, 0.1) is 5.92 Å². The van der Waals surface area contributed by atoms with E-state index in [-0.39, 0.29) is 18.0 Å². The van der Waals surface area contributed by atoms with Crippen molar-refractivity contribution in [3.63, 3.8) is 0 Å². The maximum absolute atomic E-state index is 9.72. The van der Waals surface area contributed by atoms with Crippen LogP contribution >= 0.6 is 12.4 Å². The normalized spacial score (nSPS) is 44.7. The molecule has 3 rings (SSSR count). The Bertz CT molecular complexity index is 103. The summed E-state index contributed by atoms with van der Waals surface area (Å²) in [7, 11) is 0. The molecule has 0 aromatic carbocycles. The highest BCUT2D eigenvalue weighted by Crippen LogP contribution is 2.43. The molecule has 0 radical (unpaired) electrons. The Labute approximate surface area is 68.2 Å². The van der Waals surface area contributed by atoms with Gasteiger partial charge in [-0.1, -0.05) is 0 Å². The molecule has 0 unspecified atom stereocenters. The standard InChI is InChI=1S/C8H14O.ClH/c9-8-4-1-7(2-5-8)3-6-8;/h7,9H,1-6H2;1H. The molecule has 10 heavy (non-hydrogen) atoms. The second-order valence-electron chi connectivity index (χ2n) is 3.71. The van der Waals surface area contributed by atoms with Crippen molar-refractivity contribution in [2.75, 3.05) is 0 Å². The average Bonchev–Trinajstić information content (AvgIpc) is 1.90. The molecular formula is C8H15ClO. The number of hydrogen-bond acceptors (Lipinski definition) is 1. The van der Waals surface area contributed by atoms with Gasteiger partial charge >= 0.3 is 0 Å². The monoisotopic (exact) mass is 162 g/mol. The van der Waals surface area contributed by atoms with Gasteiger partial charge in [-0.3, -0.25) is 0 Å². The van der Waals surface area contributed by atoms with E-state index < -0.39 is 0 Å². The lowest BCUT2D eigenvalue weighted by atomic mass is 9.68. The van der Waals surface area contributed by atoms with E-state index in [0.29, 0.717) is 0 Å². The van der Waals surface area contributed by atoms with E-state index in [4.69, 9.17) is 0 Å². The van der Waals surface area contributed by atoms with E-state index in [1.54, 1.807) is 0 Å². The van der Waals surface area contributed by atoms with Gasteiger partial charge < -0.3 is 5.11 Å². The number of halogens is 1. The molecule has 3 aliphatic rings. The van der Waals surface area contributed by atoms with Gasteiger partial charge in [0.1, 0.15) is 0 Å². The molecule has 2 bridgehead atoms. The zero-order valence-corrected chi connectivity index (χ0v) is 6.99. The summed E-state index contributed by atoms with van der Waals surface area (Å²) in [4.78, 5) is 0. The van der Waals surface area contributed by atoms with Crippen molar-refractivity contribution >= 4 is 12.4 Å². The van der Waals surface area contributed by atoms with E-state index >= 15 is 0 Å². The minimum atomic E-state index is -0.214. The first-order valence-corrected chi connectivity index (χ1v) is 4.01. The van der Waals surface area contributed by atoms with Crippen molar-refractivity contribution in [3.05, 3.63) is 0 Å². The molecule has 0 aromatic heterocycles. The SMILES string of the molecule is Cl.OC12CCC(CC1)CC2. The third-order valence-corrected chi connectivity index (χ3v) is 3.05. The van der Waals surface area contributed by atoms with Crippen LogP contribution in [0.15, 0.2) is 0 Å². The highest BCUT2D eigenvalue weighted by atomic mass is 35.5. The third-order valence-electron chi connectivity index (χ3n) is 3.05. The van der Waals surface area contributed by atoms with Gasteiger partial charge in [-0.05, 0) is 44.4 Å². The summed E-state index contributed by atoms with van der Waals surface area (Å²) in [5.41, 5.74) is -0.214. The first-order chi connectivity index (χ1) is 4.29. The molecule has 1 N–H and O–H groups in total. The van der Waals surface area contributed by atoms with Crippen LogP contribution < -0.4 is 0 Å². The molecule has 0 spiro atoms. The van der Waals surface area contributed by atoms with Gasteiger partial charge in [-0.2, -0.15) is 0 Å². The largest absolute Gasteiger partial charge is 0.390 e. The Hall–Kier alpha value is 0.250. The first kappa shape index (κ1) is 8.35. The zero-order valence-electron chi connectivity index (χ0n) is 6.18. The summed E-state index contributed by atoms with van der Waals surface area (Å²) in [5.74, 6) is 0.971. The average molecular weight is 163 g/mol. The van der Waals surface area contributed by atoms with E-state index in [9.17, 15) is 5.11 Å². The fourth-order valence-corrected chi connectivity index (χ4v) is 2.23. The summed E-state index contributed by atoms with van der Waals surface area (Å²) in [5, 5.41) is 9.72. The molecule has 2 heteroatoms. The van der Waals surface area contributed by atoms with Gasteiger partial charge in [0.2, 0.25) is 0 Å². The van der Waals surface area contributed by atoms with Gasteiger partial charge in [0.05, 0.1) is 5.60 Å². The summed E-state index contributed by atoms with van der Waals surface area (Å²) in [6.45, 7) is 0. The van der Waals surface area contributed by atoms with Crippen LogP contribution in [0.4, 0.5) is 0 Å². The predicted octanol–water partition coefficient (Wildman–Crippen LogP) is 2.12. The molecule has 0 aliphatic heterocycles. The van der Waals surface area contributed by atoms with Crippen molar-refractivity contribution in [3.8, 4) is 0 Å². The molecule has 0 saturated heterocycles.